The number of rotatable bonds is 3. The highest BCUT2D eigenvalue weighted by atomic mass is 16.2. The number of nitrogens with zero attached hydrogens (tertiary/aromatic N) is 2. The minimum atomic E-state index is 0.0181. The molecule has 1 saturated carbocycles. The first-order chi connectivity index (χ1) is 11.4. The summed E-state index contributed by atoms with van der Waals surface area (Å²) in [7, 11) is 3.67. The summed E-state index contributed by atoms with van der Waals surface area (Å²) in [5.74, 6) is 0.517. The van der Waals surface area contributed by atoms with E-state index in [1.165, 1.54) is 5.56 Å². The first-order valence-corrected chi connectivity index (χ1v) is 8.96. The highest BCUT2D eigenvalue weighted by Crippen LogP contribution is 2.50. The second-order valence-corrected chi connectivity index (χ2v) is 7.77. The summed E-state index contributed by atoms with van der Waals surface area (Å²) in [5, 5.41) is 0. The first kappa shape index (κ1) is 17.0. The molecular weight excluding hydrogens is 300 g/mol. The van der Waals surface area contributed by atoms with Gasteiger partial charge in [0.1, 0.15) is 0 Å². The van der Waals surface area contributed by atoms with Gasteiger partial charge in [-0.15, -0.1) is 0 Å². The number of likely N-dealkylation sites (tertiary alicyclic amines) is 1. The number of amides is 2. The van der Waals surface area contributed by atoms with Crippen molar-refractivity contribution in [3.05, 3.63) is 35.4 Å². The average Bonchev–Trinajstić information content (AvgIpc) is 3.16. The van der Waals surface area contributed by atoms with Crippen molar-refractivity contribution in [2.45, 2.75) is 39.0 Å². The predicted molar refractivity (Wildman–Crippen MR) is 94.5 cm³/mol. The number of aryl methyl sites for hydroxylation is 1. The van der Waals surface area contributed by atoms with Gasteiger partial charge in [-0.25, -0.2) is 0 Å². The van der Waals surface area contributed by atoms with Crippen molar-refractivity contribution in [2.75, 3.05) is 27.2 Å². The van der Waals surface area contributed by atoms with E-state index < -0.39 is 0 Å². The smallest absolute Gasteiger partial charge is 0.227 e. The molecular formula is C20H28N2O2. The second kappa shape index (κ2) is 6.58. The summed E-state index contributed by atoms with van der Waals surface area (Å²) >= 11 is 0. The van der Waals surface area contributed by atoms with Crippen LogP contribution in [-0.2, 0) is 16.0 Å². The van der Waals surface area contributed by atoms with Gasteiger partial charge >= 0.3 is 0 Å². The Kier molecular flexibility index (Phi) is 4.66. The lowest BCUT2D eigenvalue weighted by Crippen LogP contribution is -2.41. The molecule has 0 radical (unpaired) electrons. The molecule has 2 atom stereocenters. The molecule has 24 heavy (non-hydrogen) atoms. The molecule has 0 aromatic heterocycles. The van der Waals surface area contributed by atoms with E-state index in [-0.39, 0.29) is 23.1 Å². The van der Waals surface area contributed by atoms with Gasteiger partial charge in [-0.1, -0.05) is 36.2 Å². The van der Waals surface area contributed by atoms with Crippen LogP contribution >= 0.6 is 0 Å². The van der Waals surface area contributed by atoms with Gasteiger partial charge in [-0.2, -0.15) is 0 Å². The van der Waals surface area contributed by atoms with Crippen LogP contribution in [0.3, 0.4) is 0 Å². The van der Waals surface area contributed by atoms with E-state index in [0.29, 0.717) is 6.42 Å². The lowest BCUT2D eigenvalue weighted by Gasteiger charge is -2.32. The lowest BCUT2D eigenvalue weighted by molar-refractivity contribution is -0.137. The molecule has 1 spiro atoms. The zero-order valence-electron chi connectivity index (χ0n) is 15.0. The Bertz CT molecular complexity index is 623. The Hall–Kier alpha value is -1.84. The summed E-state index contributed by atoms with van der Waals surface area (Å²) in [6.45, 7) is 3.60. The Labute approximate surface area is 144 Å². The molecule has 0 bridgehead atoms. The van der Waals surface area contributed by atoms with E-state index in [0.717, 1.165) is 44.3 Å². The fourth-order valence-electron chi connectivity index (χ4n) is 4.43. The molecule has 4 heteroatoms. The third-order valence-corrected chi connectivity index (χ3v) is 5.86. The Balaban J connectivity index is 1.66. The van der Waals surface area contributed by atoms with Crippen LogP contribution in [0.25, 0.3) is 0 Å². The molecule has 1 aromatic rings. The Morgan fingerprint density at radius 1 is 1.21 bits per heavy atom. The molecule has 0 N–H and O–H groups in total. The van der Waals surface area contributed by atoms with Crippen molar-refractivity contribution in [1.29, 1.82) is 0 Å². The maximum Gasteiger partial charge on any atom is 0.227 e. The fourth-order valence-corrected chi connectivity index (χ4v) is 4.43. The third-order valence-electron chi connectivity index (χ3n) is 5.86. The lowest BCUT2D eigenvalue weighted by atomic mass is 9.76. The third kappa shape index (κ3) is 3.19. The molecule has 1 aliphatic heterocycles. The van der Waals surface area contributed by atoms with Gasteiger partial charge in [0.25, 0.3) is 0 Å². The van der Waals surface area contributed by atoms with Gasteiger partial charge < -0.3 is 9.80 Å². The number of hydrogen-bond acceptors (Lipinski definition) is 2. The topological polar surface area (TPSA) is 40.6 Å². The number of hydrogen-bond donors (Lipinski definition) is 0. The highest BCUT2D eigenvalue weighted by Gasteiger charge is 2.51. The molecule has 4 nitrogen and oxygen atoms in total. The van der Waals surface area contributed by atoms with Crippen molar-refractivity contribution in [3.8, 4) is 0 Å². The molecule has 2 aliphatic rings. The zero-order valence-corrected chi connectivity index (χ0v) is 15.0. The summed E-state index contributed by atoms with van der Waals surface area (Å²) < 4.78 is 0. The van der Waals surface area contributed by atoms with Crippen molar-refractivity contribution in [3.63, 3.8) is 0 Å². The summed E-state index contributed by atoms with van der Waals surface area (Å²) in [4.78, 5) is 28.9. The Morgan fingerprint density at radius 2 is 1.92 bits per heavy atom. The van der Waals surface area contributed by atoms with Crippen LogP contribution in [0.5, 0.6) is 0 Å². The average molecular weight is 328 g/mol. The van der Waals surface area contributed by atoms with Gasteiger partial charge in [0.05, 0.1) is 6.42 Å². The van der Waals surface area contributed by atoms with Gasteiger partial charge in [0, 0.05) is 38.5 Å². The first-order valence-electron chi connectivity index (χ1n) is 8.96. The van der Waals surface area contributed by atoms with Crippen molar-refractivity contribution in [2.24, 2.45) is 11.3 Å². The van der Waals surface area contributed by atoms with Crippen LogP contribution in [0.1, 0.15) is 36.8 Å². The molecule has 0 unspecified atom stereocenters. The van der Waals surface area contributed by atoms with Crippen LogP contribution in [0.15, 0.2) is 24.3 Å². The van der Waals surface area contributed by atoms with Crippen LogP contribution in [-0.4, -0.2) is 48.8 Å². The number of carbonyl (C=O) groups excluding carboxylic acids is 2. The highest BCUT2D eigenvalue weighted by molar-refractivity contribution is 5.81. The number of benzene rings is 1. The van der Waals surface area contributed by atoms with Crippen molar-refractivity contribution in [1.82, 2.24) is 9.80 Å². The minimum absolute atomic E-state index is 0.0181. The van der Waals surface area contributed by atoms with E-state index in [1.54, 1.807) is 4.90 Å². The van der Waals surface area contributed by atoms with Gasteiger partial charge in [-0.3, -0.25) is 9.59 Å². The molecule has 130 valence electrons. The molecule has 2 amide bonds. The van der Waals surface area contributed by atoms with Crippen LogP contribution < -0.4 is 0 Å². The zero-order chi connectivity index (χ0) is 17.3. The van der Waals surface area contributed by atoms with E-state index in [2.05, 4.69) is 19.1 Å². The van der Waals surface area contributed by atoms with Crippen molar-refractivity contribution < 1.29 is 9.59 Å². The molecule has 3 rings (SSSR count). The van der Waals surface area contributed by atoms with Gasteiger partial charge in [-0.05, 0) is 31.7 Å². The Morgan fingerprint density at radius 3 is 2.58 bits per heavy atom. The van der Waals surface area contributed by atoms with E-state index in [9.17, 15) is 9.59 Å². The molecule has 1 aromatic carbocycles. The SMILES string of the molecule is Cc1ccc(CC(=O)N2CC[C@@]3(CCC[C@H]3C(=O)N(C)C)C2)cc1. The minimum Gasteiger partial charge on any atom is -0.349 e. The van der Waals surface area contributed by atoms with Crippen LogP contribution in [0, 0.1) is 18.3 Å². The second-order valence-electron chi connectivity index (χ2n) is 7.77. The molecule has 1 aliphatic carbocycles. The number of carbonyl (C=O) groups is 2. The molecule has 1 heterocycles. The quantitative estimate of drug-likeness (QED) is 0.856. The van der Waals surface area contributed by atoms with E-state index in [1.807, 2.05) is 31.1 Å². The largest absolute Gasteiger partial charge is 0.349 e. The monoisotopic (exact) mass is 328 g/mol. The standard InChI is InChI=1S/C20H28N2O2/c1-15-6-8-16(9-7-15)13-18(23)22-12-11-20(14-22)10-4-5-17(20)19(24)21(2)3/h6-9,17H,4-5,10-14H2,1-3H3/t17-,20-/m0/s1. The normalized spacial score (nSPS) is 26.1. The summed E-state index contributed by atoms with van der Waals surface area (Å²) in [6.07, 6.45) is 4.58. The summed E-state index contributed by atoms with van der Waals surface area (Å²) in [6, 6.07) is 8.17. The van der Waals surface area contributed by atoms with Gasteiger partial charge in [0.15, 0.2) is 0 Å². The maximum absolute atomic E-state index is 12.7. The van der Waals surface area contributed by atoms with Crippen molar-refractivity contribution >= 4 is 11.8 Å². The van der Waals surface area contributed by atoms with E-state index in [4.69, 9.17) is 0 Å². The molecule has 1 saturated heterocycles. The fraction of sp³-hybridized carbons (Fsp3) is 0.600. The molecule has 2 fully saturated rings. The summed E-state index contributed by atoms with van der Waals surface area (Å²) in [5.41, 5.74) is 2.30. The van der Waals surface area contributed by atoms with E-state index >= 15 is 0 Å². The van der Waals surface area contributed by atoms with Gasteiger partial charge in [0.2, 0.25) is 11.8 Å². The van der Waals surface area contributed by atoms with Crippen LogP contribution in [0.4, 0.5) is 0 Å². The maximum atomic E-state index is 12.7. The van der Waals surface area contributed by atoms with Crippen LogP contribution in [0.2, 0.25) is 0 Å². The predicted octanol–water partition coefficient (Wildman–Crippen LogP) is 2.64.